The van der Waals surface area contributed by atoms with Crippen LogP contribution in [0.3, 0.4) is 0 Å². The van der Waals surface area contributed by atoms with Crippen molar-refractivity contribution in [3.63, 3.8) is 0 Å². The molecule has 1 atom stereocenters. The van der Waals surface area contributed by atoms with Crippen molar-refractivity contribution in [3.8, 4) is 0 Å². The van der Waals surface area contributed by atoms with Crippen molar-refractivity contribution < 1.29 is 19.1 Å². The molecule has 0 aliphatic carbocycles. The smallest absolute Gasteiger partial charge is 0.354 e. The maximum Gasteiger partial charge on any atom is 0.354 e. The number of carbonyl (C=O) groups is 3. The number of benzene rings is 2. The summed E-state index contributed by atoms with van der Waals surface area (Å²) < 4.78 is 6.54. The van der Waals surface area contributed by atoms with Gasteiger partial charge in [-0.2, -0.15) is 0 Å². The van der Waals surface area contributed by atoms with Gasteiger partial charge in [-0.05, 0) is 56.2 Å². The number of nitrogens with zero attached hydrogens (tertiary/aromatic N) is 2. The Morgan fingerprint density at radius 2 is 1.71 bits per heavy atom. The Labute approximate surface area is 182 Å². The first kappa shape index (κ1) is 22.3. The van der Waals surface area contributed by atoms with Crippen LogP contribution in [0.1, 0.15) is 56.3 Å². The Balaban J connectivity index is 1.96. The van der Waals surface area contributed by atoms with E-state index in [-0.39, 0.29) is 11.7 Å². The Kier molecular flexibility index (Phi) is 6.29. The average Bonchev–Trinajstić information content (AvgIpc) is 3.00. The van der Waals surface area contributed by atoms with Crippen LogP contribution in [0.4, 0.5) is 0 Å². The minimum absolute atomic E-state index is 0.197. The van der Waals surface area contributed by atoms with E-state index in [4.69, 9.17) is 4.74 Å². The molecule has 0 aliphatic heterocycles. The summed E-state index contributed by atoms with van der Waals surface area (Å²) in [6, 6.07) is 12.7. The van der Waals surface area contributed by atoms with Crippen molar-refractivity contribution in [1.29, 1.82) is 0 Å². The fourth-order valence-electron chi connectivity index (χ4n) is 4.16. The lowest BCUT2D eigenvalue weighted by atomic mass is 9.99. The molecule has 0 aliphatic rings. The fraction of sp³-hybridized carbons (Fsp3) is 0.320. The van der Waals surface area contributed by atoms with Crippen LogP contribution in [-0.4, -0.2) is 46.8 Å². The van der Waals surface area contributed by atoms with E-state index in [1.165, 1.54) is 7.11 Å². The molecule has 0 saturated heterocycles. The van der Waals surface area contributed by atoms with Crippen molar-refractivity contribution in [1.82, 2.24) is 9.47 Å². The monoisotopic (exact) mass is 420 g/mol. The highest BCUT2D eigenvalue weighted by atomic mass is 16.5. The van der Waals surface area contributed by atoms with Crippen LogP contribution >= 0.6 is 0 Å². The van der Waals surface area contributed by atoms with Crippen LogP contribution in [-0.2, 0) is 11.8 Å². The van der Waals surface area contributed by atoms with Gasteiger partial charge in [0, 0.05) is 30.4 Å². The predicted molar refractivity (Wildman–Crippen MR) is 121 cm³/mol. The van der Waals surface area contributed by atoms with Crippen LogP contribution < -0.4 is 0 Å². The molecular weight excluding hydrogens is 392 g/mol. The topological polar surface area (TPSA) is 68.6 Å². The van der Waals surface area contributed by atoms with Gasteiger partial charge < -0.3 is 14.2 Å². The Hall–Kier alpha value is -3.41. The van der Waals surface area contributed by atoms with Crippen LogP contribution in [0.15, 0.2) is 42.5 Å². The number of aromatic nitrogens is 1. The van der Waals surface area contributed by atoms with E-state index in [1.54, 1.807) is 43.4 Å². The third kappa shape index (κ3) is 3.85. The quantitative estimate of drug-likeness (QED) is 0.440. The molecule has 1 aromatic heterocycles. The summed E-state index contributed by atoms with van der Waals surface area (Å²) in [6.07, 6.45) is 0. The number of Topliss-reactive ketones (excluding diaryl/α,β-unsaturated/α-hetero) is 1. The minimum Gasteiger partial charge on any atom is -0.464 e. The van der Waals surface area contributed by atoms with Gasteiger partial charge in [0.05, 0.1) is 13.2 Å². The van der Waals surface area contributed by atoms with Crippen molar-refractivity contribution in [2.24, 2.45) is 7.05 Å². The van der Waals surface area contributed by atoms with Gasteiger partial charge in [-0.25, -0.2) is 4.79 Å². The molecule has 6 heteroatoms. The van der Waals surface area contributed by atoms with Gasteiger partial charge in [0.1, 0.15) is 5.69 Å². The zero-order chi connectivity index (χ0) is 22.9. The van der Waals surface area contributed by atoms with E-state index in [0.717, 1.165) is 10.8 Å². The van der Waals surface area contributed by atoms with Crippen molar-refractivity contribution in [3.05, 3.63) is 70.5 Å². The predicted octanol–water partition coefficient (Wildman–Crippen LogP) is 4.32. The van der Waals surface area contributed by atoms with E-state index in [0.29, 0.717) is 34.6 Å². The second kappa shape index (κ2) is 8.76. The number of carbonyl (C=O) groups excluding carboxylic acids is 3. The van der Waals surface area contributed by atoms with Crippen LogP contribution in [0.5, 0.6) is 0 Å². The van der Waals surface area contributed by atoms with Crippen molar-refractivity contribution >= 4 is 28.4 Å². The SMILES string of the molecule is CCN(C(=O)c1ccc2ccccc2c1)C(C)C(=O)c1c(C)c(C(=O)OC)n(C)c1C. The lowest BCUT2D eigenvalue weighted by Gasteiger charge is -2.27. The molecule has 3 rings (SSSR count). The maximum absolute atomic E-state index is 13.5. The first-order valence-electron chi connectivity index (χ1n) is 10.3. The van der Waals surface area contributed by atoms with Crippen LogP contribution in [0.25, 0.3) is 10.8 Å². The summed E-state index contributed by atoms with van der Waals surface area (Å²) in [5.74, 6) is -0.889. The lowest BCUT2D eigenvalue weighted by Crippen LogP contribution is -2.43. The zero-order valence-electron chi connectivity index (χ0n) is 18.9. The standard InChI is InChI=1S/C25H28N2O4/c1-7-27(24(29)20-13-12-18-10-8-9-11-19(18)14-20)17(4)23(28)21-15(2)22(25(30)31-6)26(5)16(21)3/h8-14,17H,7H2,1-6H3. The molecule has 31 heavy (non-hydrogen) atoms. The maximum atomic E-state index is 13.5. The van der Waals surface area contributed by atoms with Gasteiger partial charge in [0.15, 0.2) is 5.78 Å². The first-order valence-corrected chi connectivity index (χ1v) is 10.3. The summed E-state index contributed by atoms with van der Waals surface area (Å²) in [6.45, 7) is 7.50. The van der Waals surface area contributed by atoms with Gasteiger partial charge in [-0.1, -0.05) is 30.3 Å². The summed E-state index contributed by atoms with van der Waals surface area (Å²) in [7, 11) is 3.04. The Bertz CT molecular complexity index is 1180. The van der Waals surface area contributed by atoms with Gasteiger partial charge in [0.2, 0.25) is 0 Å². The fourth-order valence-corrected chi connectivity index (χ4v) is 4.16. The number of esters is 1. The van der Waals surface area contributed by atoms with Crippen LogP contribution in [0, 0.1) is 13.8 Å². The highest BCUT2D eigenvalue weighted by Crippen LogP contribution is 2.25. The number of hydrogen-bond acceptors (Lipinski definition) is 4. The van der Waals surface area contributed by atoms with Crippen molar-refractivity contribution in [2.75, 3.05) is 13.7 Å². The number of likely N-dealkylation sites (N-methyl/N-ethyl adjacent to an activating group) is 1. The number of hydrogen-bond donors (Lipinski definition) is 0. The molecule has 6 nitrogen and oxygen atoms in total. The van der Waals surface area contributed by atoms with E-state index < -0.39 is 12.0 Å². The molecule has 2 aromatic carbocycles. The Morgan fingerprint density at radius 1 is 1.06 bits per heavy atom. The van der Waals surface area contributed by atoms with E-state index >= 15 is 0 Å². The molecular formula is C25H28N2O4. The molecule has 0 spiro atoms. The molecule has 3 aromatic rings. The molecule has 1 unspecified atom stereocenters. The number of rotatable bonds is 6. The van der Waals surface area contributed by atoms with Crippen molar-refractivity contribution in [2.45, 2.75) is 33.7 Å². The molecule has 0 N–H and O–H groups in total. The van der Waals surface area contributed by atoms with E-state index in [1.807, 2.05) is 43.3 Å². The normalized spacial score (nSPS) is 11.9. The molecule has 0 bridgehead atoms. The van der Waals surface area contributed by atoms with Gasteiger partial charge in [0.25, 0.3) is 5.91 Å². The second-order valence-electron chi connectivity index (χ2n) is 7.68. The summed E-state index contributed by atoms with van der Waals surface area (Å²) in [5, 5.41) is 2.03. The van der Waals surface area contributed by atoms with Crippen LogP contribution in [0.2, 0.25) is 0 Å². The summed E-state index contributed by atoms with van der Waals surface area (Å²) in [5.41, 5.74) is 2.58. The van der Waals surface area contributed by atoms with Gasteiger partial charge in [-0.3, -0.25) is 9.59 Å². The molecule has 1 heterocycles. The number of methoxy groups -OCH3 is 1. The third-order valence-corrected chi connectivity index (χ3v) is 6.00. The average molecular weight is 421 g/mol. The molecule has 0 fully saturated rings. The first-order chi connectivity index (χ1) is 14.7. The van der Waals surface area contributed by atoms with E-state index in [9.17, 15) is 14.4 Å². The van der Waals surface area contributed by atoms with Gasteiger partial charge >= 0.3 is 5.97 Å². The molecule has 0 radical (unpaired) electrons. The second-order valence-corrected chi connectivity index (χ2v) is 7.68. The lowest BCUT2D eigenvalue weighted by molar-refractivity contribution is 0.0588. The number of amides is 1. The number of ether oxygens (including phenoxy) is 1. The molecule has 162 valence electrons. The Morgan fingerprint density at radius 3 is 2.32 bits per heavy atom. The van der Waals surface area contributed by atoms with E-state index in [2.05, 4.69) is 0 Å². The highest BCUT2D eigenvalue weighted by molar-refractivity contribution is 6.08. The highest BCUT2D eigenvalue weighted by Gasteiger charge is 2.32. The molecule has 1 amide bonds. The number of fused-ring (bicyclic) bond motifs is 1. The number of ketones is 1. The third-order valence-electron chi connectivity index (χ3n) is 6.00. The molecule has 0 saturated carbocycles. The van der Waals surface area contributed by atoms with Gasteiger partial charge in [-0.15, -0.1) is 0 Å². The largest absolute Gasteiger partial charge is 0.464 e. The summed E-state index contributed by atoms with van der Waals surface area (Å²) in [4.78, 5) is 40.5. The summed E-state index contributed by atoms with van der Waals surface area (Å²) >= 11 is 0. The minimum atomic E-state index is -0.686. The zero-order valence-corrected chi connectivity index (χ0v) is 18.9.